The average Bonchev–Trinajstić information content (AvgIpc) is 2.37. The summed E-state index contributed by atoms with van der Waals surface area (Å²) >= 11 is 3.26. The van der Waals surface area contributed by atoms with Gasteiger partial charge in [0.25, 0.3) is 5.91 Å². The molecule has 18 heavy (non-hydrogen) atoms. The third kappa shape index (κ3) is 4.04. The van der Waals surface area contributed by atoms with E-state index in [9.17, 15) is 14.3 Å². The van der Waals surface area contributed by atoms with Crippen molar-refractivity contribution in [2.75, 3.05) is 20.1 Å². The maximum atomic E-state index is 13.5. The second kappa shape index (κ2) is 6.82. The summed E-state index contributed by atoms with van der Waals surface area (Å²) in [5, 5.41) is 9.29. The lowest BCUT2D eigenvalue weighted by Crippen LogP contribution is -2.41. The number of carbonyl (C=O) groups is 1. The minimum absolute atomic E-state index is 0.117. The molecule has 0 bridgehead atoms. The first kappa shape index (κ1) is 15.1. The van der Waals surface area contributed by atoms with Crippen molar-refractivity contribution in [2.45, 2.75) is 12.5 Å². The Kier molecular flexibility index (Phi) is 5.71. The topological polar surface area (TPSA) is 66.6 Å². The summed E-state index contributed by atoms with van der Waals surface area (Å²) in [6.07, 6.45) is -0.812. The fraction of sp³-hybridized carbons (Fsp3) is 0.417. The first-order valence-electron chi connectivity index (χ1n) is 5.52. The van der Waals surface area contributed by atoms with Crippen LogP contribution in [-0.2, 0) is 11.2 Å². The molecule has 1 amide bonds. The van der Waals surface area contributed by atoms with Crippen molar-refractivity contribution >= 4 is 21.8 Å². The van der Waals surface area contributed by atoms with Gasteiger partial charge in [0.2, 0.25) is 0 Å². The van der Waals surface area contributed by atoms with Crippen LogP contribution in [0, 0.1) is 5.82 Å². The molecule has 0 heterocycles. The fourth-order valence-electron chi connectivity index (χ4n) is 1.49. The monoisotopic (exact) mass is 318 g/mol. The number of halogens is 2. The number of hydrogen-bond donors (Lipinski definition) is 2. The zero-order chi connectivity index (χ0) is 13.7. The molecule has 1 atom stereocenters. The van der Waals surface area contributed by atoms with Gasteiger partial charge in [-0.3, -0.25) is 4.79 Å². The molecule has 0 aliphatic carbocycles. The zero-order valence-electron chi connectivity index (χ0n) is 10.1. The third-order valence-electron chi connectivity index (χ3n) is 2.61. The van der Waals surface area contributed by atoms with Crippen LogP contribution in [0.3, 0.4) is 0 Å². The summed E-state index contributed by atoms with van der Waals surface area (Å²) in [4.78, 5) is 12.9. The van der Waals surface area contributed by atoms with E-state index in [1.807, 2.05) is 0 Å². The first-order chi connectivity index (χ1) is 8.45. The Morgan fingerprint density at radius 1 is 1.61 bits per heavy atom. The largest absolute Gasteiger partial charge is 0.382 e. The second-order valence-electron chi connectivity index (χ2n) is 4.00. The maximum absolute atomic E-state index is 13.5. The molecule has 0 aromatic heterocycles. The van der Waals surface area contributed by atoms with Gasteiger partial charge in [-0.25, -0.2) is 4.39 Å². The van der Waals surface area contributed by atoms with E-state index in [2.05, 4.69) is 15.9 Å². The van der Waals surface area contributed by atoms with Crippen LogP contribution in [0.2, 0.25) is 0 Å². The summed E-state index contributed by atoms with van der Waals surface area (Å²) in [5.41, 5.74) is 5.72. The van der Waals surface area contributed by atoms with Crippen molar-refractivity contribution in [3.05, 3.63) is 34.1 Å². The van der Waals surface area contributed by atoms with Gasteiger partial charge in [-0.05, 0) is 30.2 Å². The molecule has 0 spiro atoms. The van der Waals surface area contributed by atoms with E-state index in [4.69, 9.17) is 5.73 Å². The van der Waals surface area contributed by atoms with Gasteiger partial charge in [-0.1, -0.05) is 15.9 Å². The molecule has 0 aliphatic heterocycles. The molecule has 0 saturated carbocycles. The van der Waals surface area contributed by atoms with Crippen molar-refractivity contribution in [2.24, 2.45) is 5.73 Å². The van der Waals surface area contributed by atoms with Crippen molar-refractivity contribution in [3.63, 3.8) is 0 Å². The number of likely N-dealkylation sites (N-methyl/N-ethyl adjacent to an activating group) is 1. The molecule has 0 saturated heterocycles. The molecule has 100 valence electrons. The lowest BCUT2D eigenvalue weighted by molar-refractivity contribution is -0.138. The first-order valence-corrected chi connectivity index (χ1v) is 6.32. The SMILES string of the molecule is CN(CCc1cc(Br)ccc1F)C(=O)C(O)CN. The average molecular weight is 319 g/mol. The van der Waals surface area contributed by atoms with Crippen molar-refractivity contribution < 1.29 is 14.3 Å². The number of amides is 1. The molecular weight excluding hydrogens is 303 g/mol. The van der Waals surface area contributed by atoms with Gasteiger partial charge in [0.05, 0.1) is 0 Å². The van der Waals surface area contributed by atoms with Gasteiger partial charge in [0.15, 0.2) is 0 Å². The number of rotatable bonds is 5. The van der Waals surface area contributed by atoms with Crippen LogP contribution in [-0.4, -0.2) is 42.2 Å². The molecule has 3 N–H and O–H groups in total. The number of benzene rings is 1. The highest BCUT2D eigenvalue weighted by atomic mass is 79.9. The van der Waals surface area contributed by atoms with E-state index in [1.165, 1.54) is 11.0 Å². The van der Waals surface area contributed by atoms with Crippen LogP contribution < -0.4 is 5.73 Å². The second-order valence-corrected chi connectivity index (χ2v) is 4.91. The molecule has 1 aromatic rings. The van der Waals surface area contributed by atoms with Crippen molar-refractivity contribution in [1.82, 2.24) is 4.90 Å². The fourth-order valence-corrected chi connectivity index (χ4v) is 1.90. The van der Waals surface area contributed by atoms with Crippen LogP contribution >= 0.6 is 15.9 Å². The third-order valence-corrected chi connectivity index (χ3v) is 3.10. The number of hydrogen-bond acceptors (Lipinski definition) is 3. The van der Waals surface area contributed by atoms with E-state index in [0.717, 1.165) is 4.47 Å². The number of aliphatic hydroxyl groups is 1. The predicted molar refractivity (Wildman–Crippen MR) is 70.5 cm³/mol. The van der Waals surface area contributed by atoms with Crippen molar-refractivity contribution in [3.8, 4) is 0 Å². The molecule has 1 unspecified atom stereocenters. The van der Waals surface area contributed by atoms with Gasteiger partial charge in [-0.15, -0.1) is 0 Å². The Morgan fingerprint density at radius 2 is 2.28 bits per heavy atom. The van der Waals surface area contributed by atoms with E-state index in [0.29, 0.717) is 18.5 Å². The number of aliphatic hydroxyl groups excluding tert-OH is 1. The minimum Gasteiger partial charge on any atom is -0.382 e. The molecule has 4 nitrogen and oxygen atoms in total. The van der Waals surface area contributed by atoms with E-state index in [1.54, 1.807) is 19.2 Å². The highest BCUT2D eigenvalue weighted by Crippen LogP contribution is 2.16. The number of carbonyl (C=O) groups excluding carboxylic acids is 1. The van der Waals surface area contributed by atoms with Crippen molar-refractivity contribution in [1.29, 1.82) is 0 Å². The smallest absolute Gasteiger partial charge is 0.252 e. The quantitative estimate of drug-likeness (QED) is 0.848. The standard InChI is InChI=1S/C12H16BrFN2O2/c1-16(12(18)11(17)7-15)5-4-8-6-9(13)2-3-10(8)14/h2-3,6,11,17H,4-5,7,15H2,1H3. The Hall–Kier alpha value is -0.980. The summed E-state index contributed by atoms with van der Waals surface area (Å²) in [5.74, 6) is -0.758. The molecule has 6 heteroatoms. The molecule has 1 aromatic carbocycles. The lowest BCUT2D eigenvalue weighted by atomic mass is 10.1. The maximum Gasteiger partial charge on any atom is 0.252 e. The van der Waals surface area contributed by atoms with Gasteiger partial charge in [0.1, 0.15) is 11.9 Å². The van der Waals surface area contributed by atoms with Gasteiger partial charge in [-0.2, -0.15) is 0 Å². The van der Waals surface area contributed by atoms with Gasteiger partial charge in [0, 0.05) is 24.6 Å². The van der Waals surface area contributed by atoms with E-state index >= 15 is 0 Å². The van der Waals surface area contributed by atoms with Gasteiger partial charge >= 0.3 is 0 Å². The van der Waals surface area contributed by atoms with Crippen LogP contribution in [0.15, 0.2) is 22.7 Å². The molecule has 0 aliphatic rings. The number of nitrogens with two attached hydrogens (primary N) is 1. The normalized spacial score (nSPS) is 12.3. The summed E-state index contributed by atoms with van der Waals surface area (Å²) < 4.78 is 14.2. The van der Waals surface area contributed by atoms with Crippen LogP contribution in [0.4, 0.5) is 4.39 Å². The molecule has 1 rings (SSSR count). The van der Waals surface area contributed by atoms with Gasteiger partial charge < -0.3 is 15.7 Å². The van der Waals surface area contributed by atoms with Crippen LogP contribution in [0.5, 0.6) is 0 Å². The lowest BCUT2D eigenvalue weighted by Gasteiger charge is -2.20. The number of nitrogens with zero attached hydrogens (tertiary/aromatic N) is 1. The van der Waals surface area contributed by atoms with Crippen LogP contribution in [0.1, 0.15) is 5.56 Å². The Bertz CT molecular complexity index is 429. The molecule has 0 radical (unpaired) electrons. The van der Waals surface area contributed by atoms with Crippen LogP contribution in [0.25, 0.3) is 0 Å². The highest BCUT2D eigenvalue weighted by molar-refractivity contribution is 9.10. The highest BCUT2D eigenvalue weighted by Gasteiger charge is 2.17. The Morgan fingerprint density at radius 3 is 2.89 bits per heavy atom. The summed E-state index contributed by atoms with van der Waals surface area (Å²) in [6.45, 7) is 0.206. The molecule has 0 fully saturated rings. The molecular formula is C12H16BrFN2O2. The van der Waals surface area contributed by atoms with E-state index in [-0.39, 0.29) is 12.4 Å². The summed E-state index contributed by atoms with van der Waals surface area (Å²) in [7, 11) is 1.55. The summed E-state index contributed by atoms with van der Waals surface area (Å²) in [6, 6.07) is 4.66. The Balaban J connectivity index is 2.59. The Labute approximate surface area is 114 Å². The zero-order valence-corrected chi connectivity index (χ0v) is 11.7. The van der Waals surface area contributed by atoms with E-state index < -0.39 is 12.0 Å². The minimum atomic E-state index is -1.19. The predicted octanol–water partition coefficient (Wildman–Crippen LogP) is 0.909.